The Kier molecular flexibility index (Phi) is 4.49. The number of nitrogens with zero attached hydrogens (tertiary/aromatic N) is 1. The van der Waals surface area contributed by atoms with Gasteiger partial charge >= 0.3 is 5.97 Å². The molecule has 1 amide bonds. The zero-order chi connectivity index (χ0) is 14.7. The molecule has 1 aromatic carbocycles. The number of carboxylic acid groups (broad SMARTS) is 1. The number of thioether (sulfide) groups is 1. The highest BCUT2D eigenvalue weighted by Crippen LogP contribution is 2.30. The van der Waals surface area contributed by atoms with Crippen molar-refractivity contribution >= 4 is 29.3 Å². The lowest BCUT2D eigenvalue weighted by Crippen LogP contribution is -2.35. The number of benzene rings is 1. The molecule has 0 aliphatic carbocycles. The smallest absolute Gasteiger partial charge is 0.305 e. The van der Waals surface area contributed by atoms with Crippen LogP contribution >= 0.6 is 11.8 Å². The summed E-state index contributed by atoms with van der Waals surface area (Å²) >= 11 is 1.46. The lowest BCUT2D eigenvalue weighted by atomic mass is 10.0. The summed E-state index contributed by atoms with van der Waals surface area (Å²) in [6, 6.07) is 6.06. The lowest BCUT2D eigenvalue weighted by Gasteiger charge is -2.29. The zero-order valence-corrected chi connectivity index (χ0v) is 12.4. The fourth-order valence-corrected chi connectivity index (χ4v) is 3.02. The highest BCUT2D eigenvalue weighted by Gasteiger charge is 2.24. The van der Waals surface area contributed by atoms with Crippen LogP contribution in [-0.4, -0.2) is 34.2 Å². The highest BCUT2D eigenvalue weighted by molar-refractivity contribution is 8.03. The molecule has 0 saturated heterocycles. The van der Waals surface area contributed by atoms with Crippen molar-refractivity contribution in [2.45, 2.75) is 20.3 Å². The number of carbonyl (C=O) groups is 2. The molecule has 1 aliphatic rings. The topological polar surface area (TPSA) is 57.6 Å². The normalized spacial score (nSPS) is 15.2. The summed E-state index contributed by atoms with van der Waals surface area (Å²) in [5.74, 6) is -0.557. The van der Waals surface area contributed by atoms with Crippen molar-refractivity contribution in [1.29, 1.82) is 0 Å². The standard InChI is InChI=1S/C15H17NO3S/c1-10-3-4-12(11(2)7-10)13-8-20-9-14(17)16(13)6-5-15(18)19/h3-4,7-8H,5-6,9H2,1-2H3,(H,18,19). The maximum Gasteiger partial charge on any atom is 0.305 e. The summed E-state index contributed by atoms with van der Waals surface area (Å²) in [7, 11) is 0. The van der Waals surface area contributed by atoms with E-state index < -0.39 is 5.97 Å². The Morgan fingerprint density at radius 1 is 1.40 bits per heavy atom. The van der Waals surface area contributed by atoms with Gasteiger partial charge in [-0.25, -0.2) is 0 Å². The Hall–Kier alpha value is -1.75. The Morgan fingerprint density at radius 2 is 2.15 bits per heavy atom. The van der Waals surface area contributed by atoms with Crippen LogP contribution in [0.4, 0.5) is 0 Å². The fourth-order valence-electron chi connectivity index (χ4n) is 2.23. The molecule has 5 heteroatoms. The van der Waals surface area contributed by atoms with Gasteiger partial charge in [0.2, 0.25) is 5.91 Å². The van der Waals surface area contributed by atoms with Gasteiger partial charge in [0.15, 0.2) is 0 Å². The van der Waals surface area contributed by atoms with Crippen LogP contribution in [0.2, 0.25) is 0 Å². The molecule has 2 rings (SSSR count). The van der Waals surface area contributed by atoms with Crippen molar-refractivity contribution in [1.82, 2.24) is 4.90 Å². The van der Waals surface area contributed by atoms with E-state index in [1.165, 1.54) is 17.3 Å². The molecule has 0 unspecified atom stereocenters. The molecule has 0 aromatic heterocycles. The van der Waals surface area contributed by atoms with E-state index in [1.54, 1.807) is 4.90 Å². The minimum Gasteiger partial charge on any atom is -0.481 e. The largest absolute Gasteiger partial charge is 0.481 e. The summed E-state index contributed by atoms with van der Waals surface area (Å²) in [5, 5.41) is 10.8. The molecule has 0 saturated carbocycles. The van der Waals surface area contributed by atoms with Crippen LogP contribution in [0.15, 0.2) is 23.6 Å². The van der Waals surface area contributed by atoms with Crippen LogP contribution in [0.25, 0.3) is 5.70 Å². The van der Waals surface area contributed by atoms with E-state index in [0.717, 1.165) is 16.8 Å². The van der Waals surface area contributed by atoms with E-state index >= 15 is 0 Å². The second-order valence-corrected chi connectivity index (χ2v) is 5.68. The Labute approximate surface area is 122 Å². The quantitative estimate of drug-likeness (QED) is 0.926. The average molecular weight is 291 g/mol. The van der Waals surface area contributed by atoms with Gasteiger partial charge < -0.3 is 10.0 Å². The molecule has 0 fully saturated rings. The summed E-state index contributed by atoms with van der Waals surface area (Å²) in [6.07, 6.45) is -0.0430. The first kappa shape index (κ1) is 14.7. The first-order valence-corrected chi connectivity index (χ1v) is 7.45. The molecule has 0 radical (unpaired) electrons. The minimum atomic E-state index is -0.893. The number of amides is 1. The zero-order valence-electron chi connectivity index (χ0n) is 11.5. The van der Waals surface area contributed by atoms with Crippen LogP contribution in [0, 0.1) is 13.8 Å². The van der Waals surface area contributed by atoms with Gasteiger partial charge in [-0.3, -0.25) is 9.59 Å². The summed E-state index contributed by atoms with van der Waals surface area (Å²) in [6.45, 7) is 4.24. The molecule has 1 N–H and O–H groups in total. The van der Waals surface area contributed by atoms with Crippen molar-refractivity contribution in [3.8, 4) is 0 Å². The molecule has 0 bridgehead atoms. The van der Waals surface area contributed by atoms with Crippen LogP contribution in [0.3, 0.4) is 0 Å². The molecular formula is C15H17NO3S. The van der Waals surface area contributed by atoms with Crippen molar-refractivity contribution in [2.24, 2.45) is 0 Å². The molecule has 1 aromatic rings. The summed E-state index contributed by atoms with van der Waals surface area (Å²) < 4.78 is 0. The van der Waals surface area contributed by atoms with Crippen LogP contribution in [-0.2, 0) is 9.59 Å². The minimum absolute atomic E-state index is 0.0336. The number of aliphatic carboxylic acids is 1. The Bertz CT molecular complexity index is 580. The average Bonchev–Trinajstić information content (AvgIpc) is 2.37. The third-order valence-corrected chi connectivity index (χ3v) is 4.00. The van der Waals surface area contributed by atoms with E-state index in [4.69, 9.17) is 5.11 Å². The maximum atomic E-state index is 12.0. The van der Waals surface area contributed by atoms with E-state index in [1.807, 2.05) is 31.4 Å². The number of aryl methyl sites for hydroxylation is 2. The summed E-state index contributed by atoms with van der Waals surface area (Å²) in [5.41, 5.74) is 4.05. The summed E-state index contributed by atoms with van der Waals surface area (Å²) in [4.78, 5) is 24.4. The van der Waals surface area contributed by atoms with Gasteiger partial charge in [0, 0.05) is 12.1 Å². The van der Waals surface area contributed by atoms with Gasteiger partial charge in [-0.05, 0) is 24.8 Å². The van der Waals surface area contributed by atoms with E-state index in [2.05, 4.69) is 6.07 Å². The molecular weight excluding hydrogens is 274 g/mol. The van der Waals surface area contributed by atoms with Crippen molar-refractivity contribution < 1.29 is 14.7 Å². The van der Waals surface area contributed by atoms with E-state index in [0.29, 0.717) is 5.75 Å². The molecule has 1 heterocycles. The van der Waals surface area contributed by atoms with Gasteiger partial charge in [-0.15, -0.1) is 11.8 Å². The van der Waals surface area contributed by atoms with Crippen molar-refractivity contribution in [3.63, 3.8) is 0 Å². The highest BCUT2D eigenvalue weighted by atomic mass is 32.2. The SMILES string of the molecule is Cc1ccc(C2=CSCC(=O)N2CCC(=O)O)c(C)c1. The van der Waals surface area contributed by atoms with Gasteiger partial charge in [-0.2, -0.15) is 0 Å². The number of hydrogen-bond acceptors (Lipinski definition) is 3. The monoisotopic (exact) mass is 291 g/mol. The van der Waals surface area contributed by atoms with Crippen LogP contribution < -0.4 is 0 Å². The maximum absolute atomic E-state index is 12.0. The van der Waals surface area contributed by atoms with Gasteiger partial charge in [-0.1, -0.05) is 23.8 Å². The molecule has 4 nitrogen and oxygen atoms in total. The molecule has 0 spiro atoms. The second-order valence-electron chi connectivity index (χ2n) is 4.82. The van der Waals surface area contributed by atoms with Gasteiger partial charge in [0.1, 0.15) is 0 Å². The molecule has 106 valence electrons. The van der Waals surface area contributed by atoms with Crippen molar-refractivity contribution in [2.75, 3.05) is 12.3 Å². The lowest BCUT2D eigenvalue weighted by molar-refractivity contribution is -0.137. The Morgan fingerprint density at radius 3 is 2.80 bits per heavy atom. The number of carboxylic acids is 1. The van der Waals surface area contributed by atoms with Crippen LogP contribution in [0.1, 0.15) is 23.1 Å². The Balaban J connectivity index is 2.33. The predicted molar refractivity (Wildman–Crippen MR) is 80.3 cm³/mol. The predicted octanol–water partition coefficient (Wildman–Crippen LogP) is 2.65. The molecule has 20 heavy (non-hydrogen) atoms. The number of rotatable bonds is 4. The molecule has 1 aliphatic heterocycles. The fraction of sp³-hybridized carbons (Fsp3) is 0.333. The van der Waals surface area contributed by atoms with Crippen LogP contribution in [0.5, 0.6) is 0 Å². The van der Waals surface area contributed by atoms with E-state index in [-0.39, 0.29) is 18.9 Å². The third-order valence-electron chi connectivity index (χ3n) is 3.20. The second kappa shape index (κ2) is 6.13. The first-order chi connectivity index (χ1) is 9.49. The third kappa shape index (κ3) is 3.22. The van der Waals surface area contributed by atoms with E-state index in [9.17, 15) is 9.59 Å². The van der Waals surface area contributed by atoms with Gasteiger partial charge in [0.05, 0.1) is 17.9 Å². The number of hydrogen-bond donors (Lipinski definition) is 1. The molecule has 0 atom stereocenters. The van der Waals surface area contributed by atoms with Crippen molar-refractivity contribution in [3.05, 3.63) is 40.3 Å². The number of carbonyl (C=O) groups excluding carboxylic acids is 1. The first-order valence-electron chi connectivity index (χ1n) is 6.40. The van der Waals surface area contributed by atoms with Gasteiger partial charge in [0.25, 0.3) is 0 Å².